The molecule has 1 N–H and O–H groups in total. The van der Waals surface area contributed by atoms with E-state index in [1.807, 2.05) is 19.9 Å². The molecule has 7 heteroatoms. The molecule has 0 spiro atoms. The highest BCUT2D eigenvalue weighted by atomic mass is 35.5. The van der Waals surface area contributed by atoms with Crippen LogP contribution in [0.15, 0.2) is 24.3 Å². The van der Waals surface area contributed by atoms with E-state index < -0.39 is 0 Å². The summed E-state index contributed by atoms with van der Waals surface area (Å²) >= 11 is 7.06. The van der Waals surface area contributed by atoms with Crippen LogP contribution in [0.2, 0.25) is 4.34 Å². The minimum Gasteiger partial charge on any atom is -0.492 e. The molecule has 2 heterocycles. The number of rotatable bonds is 7. The van der Waals surface area contributed by atoms with Crippen molar-refractivity contribution in [3.8, 4) is 11.5 Å². The zero-order chi connectivity index (χ0) is 18.7. The van der Waals surface area contributed by atoms with E-state index in [1.54, 1.807) is 18.2 Å². The van der Waals surface area contributed by atoms with Gasteiger partial charge in [-0.3, -0.25) is 9.59 Å². The lowest BCUT2D eigenvalue weighted by atomic mass is 10.1. The highest BCUT2D eigenvalue weighted by Crippen LogP contribution is 2.38. The molecular weight excluding hydrogens is 374 g/mol. The third-order valence-corrected chi connectivity index (χ3v) is 5.27. The van der Waals surface area contributed by atoms with Crippen molar-refractivity contribution in [1.29, 1.82) is 0 Å². The summed E-state index contributed by atoms with van der Waals surface area (Å²) in [6, 6.07) is 7.07. The van der Waals surface area contributed by atoms with Crippen LogP contribution >= 0.6 is 22.9 Å². The van der Waals surface area contributed by atoms with Crippen LogP contribution in [0.4, 0.5) is 5.69 Å². The molecule has 1 unspecified atom stereocenters. The topological polar surface area (TPSA) is 64.6 Å². The molecule has 1 aromatic heterocycles. The zero-order valence-electron chi connectivity index (χ0n) is 14.6. The monoisotopic (exact) mass is 393 g/mol. The summed E-state index contributed by atoms with van der Waals surface area (Å²) in [6.45, 7) is 4.39. The number of Topliss-reactive ketones (excluding diaryl/α,β-unsaturated/α-hetero) is 1. The Hall–Kier alpha value is -2.05. The first-order valence-electron chi connectivity index (χ1n) is 8.51. The number of ether oxygens (including phenoxy) is 2. The summed E-state index contributed by atoms with van der Waals surface area (Å²) in [4.78, 5) is 25.0. The third kappa shape index (κ3) is 4.37. The van der Waals surface area contributed by atoms with E-state index in [2.05, 4.69) is 5.32 Å². The molecule has 1 amide bonds. The maximum absolute atomic E-state index is 12.3. The lowest BCUT2D eigenvalue weighted by Gasteiger charge is -2.13. The van der Waals surface area contributed by atoms with E-state index >= 15 is 0 Å². The number of carbonyl (C=O) groups is 2. The molecule has 0 saturated carbocycles. The van der Waals surface area contributed by atoms with Gasteiger partial charge >= 0.3 is 0 Å². The number of nitrogens with one attached hydrogen (secondary N) is 1. The van der Waals surface area contributed by atoms with Gasteiger partial charge in [0.1, 0.15) is 17.6 Å². The van der Waals surface area contributed by atoms with Gasteiger partial charge in [0, 0.05) is 30.9 Å². The zero-order valence-corrected chi connectivity index (χ0v) is 16.2. The number of halogens is 1. The molecule has 0 radical (unpaired) electrons. The Labute approximate surface area is 161 Å². The number of hydrogen-bond acceptors (Lipinski definition) is 5. The number of ketones is 1. The van der Waals surface area contributed by atoms with Crippen LogP contribution in [0.1, 0.15) is 41.9 Å². The number of hydrogen-bond donors (Lipinski definition) is 1. The van der Waals surface area contributed by atoms with Gasteiger partial charge in [0.15, 0.2) is 5.78 Å². The number of fused-ring (bicyclic) bond motifs is 1. The highest BCUT2D eigenvalue weighted by molar-refractivity contribution is 7.18. The maximum Gasteiger partial charge on any atom is 0.224 e. The molecule has 1 aliphatic heterocycles. The van der Waals surface area contributed by atoms with Crippen molar-refractivity contribution in [3.05, 3.63) is 39.0 Å². The number of thiophene rings is 1. The van der Waals surface area contributed by atoms with Crippen LogP contribution in [0.25, 0.3) is 0 Å². The van der Waals surface area contributed by atoms with Gasteiger partial charge in [-0.25, -0.2) is 0 Å². The second kappa shape index (κ2) is 8.10. The smallest absolute Gasteiger partial charge is 0.224 e. The fourth-order valence-electron chi connectivity index (χ4n) is 2.84. The van der Waals surface area contributed by atoms with E-state index in [0.717, 1.165) is 17.7 Å². The first kappa shape index (κ1) is 18.7. The van der Waals surface area contributed by atoms with Gasteiger partial charge in [-0.2, -0.15) is 0 Å². The average molecular weight is 394 g/mol. The molecule has 3 rings (SSSR count). The SMILES string of the molecule is CCOc1cc2c(cc1NC(=O)CCC(=O)c1ccc(Cl)s1)OC(C)C2. The van der Waals surface area contributed by atoms with Gasteiger partial charge < -0.3 is 14.8 Å². The van der Waals surface area contributed by atoms with Gasteiger partial charge in [0.05, 0.1) is 21.5 Å². The minimum atomic E-state index is -0.243. The Balaban J connectivity index is 1.65. The van der Waals surface area contributed by atoms with Crippen LogP contribution < -0.4 is 14.8 Å². The molecular formula is C19H20ClNO4S. The summed E-state index contributed by atoms with van der Waals surface area (Å²) in [6.07, 6.45) is 1.15. The van der Waals surface area contributed by atoms with Crippen LogP contribution in [0.5, 0.6) is 11.5 Å². The Morgan fingerprint density at radius 3 is 2.85 bits per heavy atom. The second-order valence-electron chi connectivity index (χ2n) is 6.10. The molecule has 0 fully saturated rings. The normalized spacial score (nSPS) is 15.3. The number of amides is 1. The van der Waals surface area contributed by atoms with Crippen molar-refractivity contribution in [1.82, 2.24) is 0 Å². The van der Waals surface area contributed by atoms with E-state index in [-0.39, 0.29) is 30.6 Å². The lowest BCUT2D eigenvalue weighted by Crippen LogP contribution is -2.14. The summed E-state index contributed by atoms with van der Waals surface area (Å²) in [5.74, 6) is 1.05. The van der Waals surface area contributed by atoms with Crippen LogP contribution in [0, 0.1) is 0 Å². The predicted octanol–water partition coefficient (Wildman–Crippen LogP) is 4.73. The number of anilines is 1. The first-order chi connectivity index (χ1) is 12.5. The fourth-order valence-corrected chi connectivity index (χ4v) is 3.85. The van der Waals surface area contributed by atoms with Crippen molar-refractivity contribution in [3.63, 3.8) is 0 Å². The minimum absolute atomic E-state index is 0.0896. The molecule has 0 saturated heterocycles. The molecule has 0 bridgehead atoms. The first-order valence-corrected chi connectivity index (χ1v) is 9.70. The number of benzene rings is 1. The maximum atomic E-state index is 12.3. The molecule has 0 aliphatic carbocycles. The molecule has 1 aliphatic rings. The average Bonchev–Trinajstić information content (AvgIpc) is 3.17. The van der Waals surface area contributed by atoms with E-state index in [4.69, 9.17) is 21.1 Å². The molecule has 138 valence electrons. The molecule has 2 aromatic rings. The van der Waals surface area contributed by atoms with Gasteiger partial charge in [-0.15, -0.1) is 11.3 Å². The second-order valence-corrected chi connectivity index (χ2v) is 7.81. The van der Waals surface area contributed by atoms with Crippen molar-refractivity contribution in [2.24, 2.45) is 0 Å². The highest BCUT2D eigenvalue weighted by Gasteiger charge is 2.22. The summed E-state index contributed by atoms with van der Waals surface area (Å²) < 4.78 is 12.0. The Kier molecular flexibility index (Phi) is 5.84. The van der Waals surface area contributed by atoms with Crippen molar-refractivity contribution in [2.45, 2.75) is 39.2 Å². The van der Waals surface area contributed by atoms with E-state index in [1.165, 1.54) is 11.3 Å². The van der Waals surface area contributed by atoms with E-state index in [0.29, 0.717) is 27.3 Å². The summed E-state index contributed by atoms with van der Waals surface area (Å²) in [5, 5.41) is 2.83. The van der Waals surface area contributed by atoms with Crippen molar-refractivity contribution >= 4 is 40.3 Å². The Morgan fingerprint density at radius 1 is 1.35 bits per heavy atom. The quantitative estimate of drug-likeness (QED) is 0.691. The van der Waals surface area contributed by atoms with Crippen molar-refractivity contribution in [2.75, 3.05) is 11.9 Å². The standard InChI is InChI=1S/C19H20ClNO4S/c1-3-24-16-9-12-8-11(2)25-15(12)10-13(16)21-19(23)7-4-14(22)17-5-6-18(20)26-17/h5-6,9-11H,3-4,7-8H2,1-2H3,(H,21,23). The fraction of sp³-hybridized carbons (Fsp3) is 0.368. The summed E-state index contributed by atoms with van der Waals surface area (Å²) in [7, 11) is 0. The van der Waals surface area contributed by atoms with Gasteiger partial charge in [0.25, 0.3) is 0 Å². The van der Waals surface area contributed by atoms with Gasteiger partial charge in [-0.1, -0.05) is 11.6 Å². The molecule has 26 heavy (non-hydrogen) atoms. The molecule has 5 nitrogen and oxygen atoms in total. The van der Waals surface area contributed by atoms with Crippen LogP contribution in [-0.2, 0) is 11.2 Å². The Bertz CT molecular complexity index is 833. The molecule has 1 aromatic carbocycles. The largest absolute Gasteiger partial charge is 0.492 e. The lowest BCUT2D eigenvalue weighted by molar-refractivity contribution is -0.116. The molecule has 1 atom stereocenters. The van der Waals surface area contributed by atoms with E-state index in [9.17, 15) is 9.59 Å². The van der Waals surface area contributed by atoms with Gasteiger partial charge in [0.2, 0.25) is 5.91 Å². The van der Waals surface area contributed by atoms with Crippen LogP contribution in [-0.4, -0.2) is 24.4 Å². The third-order valence-electron chi connectivity index (χ3n) is 4.00. The predicted molar refractivity (Wildman–Crippen MR) is 103 cm³/mol. The van der Waals surface area contributed by atoms with Crippen LogP contribution in [0.3, 0.4) is 0 Å². The van der Waals surface area contributed by atoms with Gasteiger partial charge in [-0.05, 0) is 32.0 Å². The Morgan fingerprint density at radius 2 is 2.15 bits per heavy atom. The van der Waals surface area contributed by atoms with Crippen molar-refractivity contribution < 1.29 is 19.1 Å². The number of carbonyl (C=O) groups excluding carboxylic acids is 2. The summed E-state index contributed by atoms with van der Waals surface area (Å²) in [5.41, 5.74) is 1.64.